The molecule has 1 fully saturated rings. The summed E-state index contributed by atoms with van der Waals surface area (Å²) in [6.45, 7) is 1.62. The first-order valence-corrected chi connectivity index (χ1v) is 5.09. The van der Waals surface area contributed by atoms with Gasteiger partial charge in [-0.15, -0.1) is 0 Å². The van der Waals surface area contributed by atoms with Crippen molar-refractivity contribution >= 4 is 17.5 Å². The van der Waals surface area contributed by atoms with Crippen LogP contribution in [0.4, 0.5) is 0 Å². The Morgan fingerprint density at radius 1 is 1.60 bits per heavy atom. The maximum absolute atomic E-state index is 11.9. The Morgan fingerprint density at radius 2 is 2.33 bits per heavy atom. The number of ether oxygens (including phenoxy) is 1. The highest BCUT2D eigenvalue weighted by molar-refractivity contribution is 6.29. The molecule has 2 rings (SSSR count). The molecule has 1 saturated heterocycles. The lowest BCUT2D eigenvalue weighted by Crippen LogP contribution is -2.42. The van der Waals surface area contributed by atoms with Crippen LogP contribution in [0, 0.1) is 0 Å². The van der Waals surface area contributed by atoms with Crippen LogP contribution in [0.5, 0.6) is 5.75 Å². The fourth-order valence-corrected chi connectivity index (χ4v) is 1.58. The van der Waals surface area contributed by atoms with Gasteiger partial charge in [-0.2, -0.15) is 0 Å². The number of likely N-dealkylation sites (tertiary alicyclic amines) is 1. The maximum Gasteiger partial charge on any atom is 0.259 e. The van der Waals surface area contributed by atoms with Gasteiger partial charge in [0, 0.05) is 25.4 Å². The highest BCUT2D eigenvalue weighted by atomic mass is 35.5. The number of halogens is 1. The number of nitrogens with zero attached hydrogens (tertiary/aromatic N) is 2. The van der Waals surface area contributed by atoms with Gasteiger partial charge in [-0.3, -0.25) is 4.79 Å². The molecule has 0 spiro atoms. The van der Waals surface area contributed by atoms with Gasteiger partial charge in [0.05, 0.1) is 12.7 Å². The number of aromatic nitrogens is 1. The van der Waals surface area contributed by atoms with Crippen molar-refractivity contribution in [1.29, 1.82) is 0 Å². The minimum absolute atomic E-state index is 0.0396. The van der Waals surface area contributed by atoms with Crippen LogP contribution in [0.1, 0.15) is 16.8 Å². The van der Waals surface area contributed by atoms with Gasteiger partial charge < -0.3 is 9.64 Å². The summed E-state index contributed by atoms with van der Waals surface area (Å²) >= 11 is 5.71. The highest BCUT2D eigenvalue weighted by Crippen LogP contribution is 2.23. The van der Waals surface area contributed by atoms with Crippen LogP contribution in [-0.2, 0) is 0 Å². The molecule has 4 nitrogen and oxygen atoms in total. The van der Waals surface area contributed by atoms with E-state index in [2.05, 4.69) is 4.98 Å². The standard InChI is InChI=1S/C10H11ClN2O2/c1-15-8-5-9(11)12-6-7(8)10(14)13-3-2-4-13/h5-6H,2-4H2,1H3. The topological polar surface area (TPSA) is 42.4 Å². The van der Waals surface area contributed by atoms with Crippen LogP contribution >= 0.6 is 11.6 Å². The molecule has 2 heterocycles. The molecule has 5 heteroatoms. The van der Waals surface area contributed by atoms with Gasteiger partial charge in [0.1, 0.15) is 10.9 Å². The molecule has 1 aliphatic rings. The summed E-state index contributed by atoms with van der Waals surface area (Å²) in [5.41, 5.74) is 0.474. The predicted octanol–water partition coefficient (Wildman–Crippen LogP) is 1.59. The van der Waals surface area contributed by atoms with E-state index in [1.54, 1.807) is 11.0 Å². The summed E-state index contributed by atoms with van der Waals surface area (Å²) < 4.78 is 5.09. The molecule has 0 aliphatic carbocycles. The van der Waals surface area contributed by atoms with E-state index in [1.807, 2.05) is 0 Å². The molecule has 0 aromatic carbocycles. The number of carbonyl (C=O) groups is 1. The van der Waals surface area contributed by atoms with Crippen molar-refractivity contribution in [3.8, 4) is 5.75 Å². The molecule has 0 N–H and O–H groups in total. The van der Waals surface area contributed by atoms with E-state index in [0.717, 1.165) is 19.5 Å². The van der Waals surface area contributed by atoms with Gasteiger partial charge in [-0.1, -0.05) is 11.6 Å². The summed E-state index contributed by atoms with van der Waals surface area (Å²) in [5.74, 6) is 0.439. The monoisotopic (exact) mass is 226 g/mol. The van der Waals surface area contributed by atoms with Crippen molar-refractivity contribution in [2.75, 3.05) is 20.2 Å². The Kier molecular flexibility index (Phi) is 2.77. The van der Waals surface area contributed by atoms with Gasteiger partial charge in [0.2, 0.25) is 0 Å². The fraction of sp³-hybridized carbons (Fsp3) is 0.400. The van der Waals surface area contributed by atoms with Crippen molar-refractivity contribution in [2.24, 2.45) is 0 Å². The minimum Gasteiger partial charge on any atom is -0.496 e. The van der Waals surface area contributed by atoms with Crippen LogP contribution in [0.15, 0.2) is 12.3 Å². The Hall–Kier alpha value is -1.29. The Balaban J connectivity index is 2.29. The quantitative estimate of drug-likeness (QED) is 0.720. The largest absolute Gasteiger partial charge is 0.496 e. The molecule has 0 bridgehead atoms. The van der Waals surface area contributed by atoms with E-state index in [0.29, 0.717) is 16.5 Å². The van der Waals surface area contributed by atoms with E-state index in [-0.39, 0.29) is 5.91 Å². The van der Waals surface area contributed by atoms with Crippen molar-refractivity contribution in [3.63, 3.8) is 0 Å². The molecular weight excluding hydrogens is 216 g/mol. The van der Waals surface area contributed by atoms with E-state index in [9.17, 15) is 4.79 Å². The lowest BCUT2D eigenvalue weighted by Gasteiger charge is -2.31. The zero-order valence-corrected chi connectivity index (χ0v) is 9.12. The summed E-state index contributed by atoms with van der Waals surface area (Å²) in [5, 5.41) is 0.326. The average Bonchev–Trinajstić information content (AvgIpc) is 2.14. The van der Waals surface area contributed by atoms with E-state index < -0.39 is 0 Å². The third-order valence-corrected chi connectivity index (χ3v) is 2.63. The SMILES string of the molecule is COc1cc(Cl)ncc1C(=O)N1CCC1. The first kappa shape index (κ1) is 10.2. The average molecular weight is 227 g/mol. The number of amides is 1. The second-order valence-corrected chi connectivity index (χ2v) is 3.74. The minimum atomic E-state index is -0.0396. The van der Waals surface area contributed by atoms with Gasteiger partial charge in [0.15, 0.2) is 0 Å². The number of hydrogen-bond acceptors (Lipinski definition) is 3. The van der Waals surface area contributed by atoms with Crippen molar-refractivity contribution in [1.82, 2.24) is 9.88 Å². The van der Waals surface area contributed by atoms with Crippen LogP contribution < -0.4 is 4.74 Å². The molecule has 1 aromatic rings. The molecule has 80 valence electrons. The Morgan fingerprint density at radius 3 is 2.87 bits per heavy atom. The van der Waals surface area contributed by atoms with Gasteiger partial charge in [-0.05, 0) is 6.42 Å². The van der Waals surface area contributed by atoms with Crippen LogP contribution in [0.25, 0.3) is 0 Å². The zero-order valence-electron chi connectivity index (χ0n) is 8.36. The summed E-state index contributed by atoms with van der Waals surface area (Å²) in [4.78, 5) is 17.5. The highest BCUT2D eigenvalue weighted by Gasteiger charge is 2.24. The molecule has 1 aromatic heterocycles. The summed E-state index contributed by atoms with van der Waals surface area (Å²) in [7, 11) is 1.51. The molecular formula is C10H11ClN2O2. The molecule has 0 atom stereocenters. The maximum atomic E-state index is 11.9. The molecule has 0 radical (unpaired) electrons. The van der Waals surface area contributed by atoms with E-state index in [1.165, 1.54) is 13.3 Å². The molecule has 0 saturated carbocycles. The Bertz CT molecular complexity index is 391. The molecule has 15 heavy (non-hydrogen) atoms. The number of carbonyl (C=O) groups excluding carboxylic acids is 1. The Labute approximate surface area is 92.8 Å². The van der Waals surface area contributed by atoms with Crippen molar-refractivity contribution in [2.45, 2.75) is 6.42 Å². The first-order chi connectivity index (χ1) is 7.22. The second kappa shape index (κ2) is 4.06. The number of hydrogen-bond donors (Lipinski definition) is 0. The first-order valence-electron chi connectivity index (χ1n) is 4.71. The van der Waals surface area contributed by atoms with Crippen molar-refractivity contribution < 1.29 is 9.53 Å². The van der Waals surface area contributed by atoms with Gasteiger partial charge in [-0.25, -0.2) is 4.98 Å². The fourth-order valence-electron chi connectivity index (χ4n) is 1.43. The normalized spacial score (nSPS) is 14.7. The second-order valence-electron chi connectivity index (χ2n) is 3.35. The van der Waals surface area contributed by atoms with E-state index in [4.69, 9.17) is 16.3 Å². The smallest absolute Gasteiger partial charge is 0.259 e. The molecule has 0 unspecified atom stereocenters. The number of pyridine rings is 1. The third kappa shape index (κ3) is 1.90. The van der Waals surface area contributed by atoms with Gasteiger partial charge in [0.25, 0.3) is 5.91 Å². The van der Waals surface area contributed by atoms with Crippen LogP contribution in [0.2, 0.25) is 5.15 Å². The summed E-state index contributed by atoms with van der Waals surface area (Å²) in [6, 6.07) is 1.55. The third-order valence-electron chi connectivity index (χ3n) is 2.43. The molecule has 1 aliphatic heterocycles. The van der Waals surface area contributed by atoms with Crippen LogP contribution in [-0.4, -0.2) is 36.0 Å². The number of rotatable bonds is 2. The van der Waals surface area contributed by atoms with E-state index >= 15 is 0 Å². The lowest BCUT2D eigenvalue weighted by atomic mass is 10.1. The zero-order chi connectivity index (χ0) is 10.8. The van der Waals surface area contributed by atoms with Gasteiger partial charge >= 0.3 is 0 Å². The predicted molar refractivity (Wildman–Crippen MR) is 56.3 cm³/mol. The summed E-state index contributed by atoms with van der Waals surface area (Å²) in [6.07, 6.45) is 2.52. The van der Waals surface area contributed by atoms with Crippen molar-refractivity contribution in [3.05, 3.63) is 23.0 Å². The lowest BCUT2D eigenvalue weighted by molar-refractivity contribution is 0.0648. The molecule has 1 amide bonds. The number of methoxy groups -OCH3 is 1. The van der Waals surface area contributed by atoms with Crippen LogP contribution in [0.3, 0.4) is 0 Å².